The lowest BCUT2D eigenvalue weighted by molar-refractivity contribution is -0.145. The van der Waals surface area contributed by atoms with E-state index in [4.69, 9.17) is 18.9 Å². The second-order valence-electron chi connectivity index (χ2n) is 6.74. The summed E-state index contributed by atoms with van der Waals surface area (Å²) in [5.41, 5.74) is 0.167. The van der Waals surface area contributed by atoms with Crippen molar-refractivity contribution in [1.29, 1.82) is 0 Å². The average Bonchev–Trinajstić information content (AvgIpc) is 2.75. The largest absolute Gasteiger partial charge is 0.491 e. The second-order valence-corrected chi connectivity index (χ2v) is 7.84. The lowest BCUT2D eigenvalue weighted by Gasteiger charge is -2.18. The third-order valence-electron chi connectivity index (χ3n) is 4.25. The Balaban J connectivity index is 1.87. The fourth-order valence-electron chi connectivity index (χ4n) is 2.71. The monoisotopic (exact) mass is 472 g/mol. The molecule has 0 heterocycles. The SMILES string of the molecule is CCOC(=O)COc1ccc(SC[C@@H](COc2ccc(C(F)(F)F)cc2)OCC)cc1C. The highest BCUT2D eigenvalue weighted by Crippen LogP contribution is 2.30. The van der Waals surface area contributed by atoms with Crippen LogP contribution in [-0.4, -0.2) is 44.3 Å². The first-order chi connectivity index (χ1) is 15.2. The van der Waals surface area contributed by atoms with E-state index in [1.807, 2.05) is 26.0 Å². The van der Waals surface area contributed by atoms with E-state index in [9.17, 15) is 18.0 Å². The number of benzene rings is 2. The van der Waals surface area contributed by atoms with Crippen molar-refractivity contribution in [3.8, 4) is 11.5 Å². The number of thioether (sulfide) groups is 1. The standard InChI is InChI=1S/C23H27F3O5S/c1-4-28-19(13-30-18-8-6-17(7-9-18)23(24,25)26)15-32-20-10-11-21(16(3)12-20)31-14-22(27)29-5-2/h6-12,19H,4-5,13-15H2,1-3H3/t19-/m1/s1. The number of ether oxygens (including phenoxy) is 4. The zero-order valence-electron chi connectivity index (χ0n) is 18.2. The Bertz CT molecular complexity index is 856. The van der Waals surface area contributed by atoms with Gasteiger partial charge in [0.1, 0.15) is 24.2 Å². The summed E-state index contributed by atoms with van der Waals surface area (Å²) in [5, 5.41) is 0. The molecule has 32 heavy (non-hydrogen) atoms. The Morgan fingerprint density at radius 2 is 1.75 bits per heavy atom. The van der Waals surface area contributed by atoms with Gasteiger partial charge in [0, 0.05) is 17.3 Å². The first-order valence-corrected chi connectivity index (χ1v) is 11.1. The molecule has 1 atom stereocenters. The van der Waals surface area contributed by atoms with E-state index in [-0.39, 0.29) is 19.3 Å². The van der Waals surface area contributed by atoms with E-state index in [0.717, 1.165) is 22.6 Å². The van der Waals surface area contributed by atoms with E-state index in [1.165, 1.54) is 12.1 Å². The molecule has 2 aromatic rings. The number of alkyl halides is 3. The maximum absolute atomic E-state index is 12.7. The van der Waals surface area contributed by atoms with Gasteiger partial charge in [-0.1, -0.05) is 0 Å². The van der Waals surface area contributed by atoms with Crippen LogP contribution < -0.4 is 9.47 Å². The van der Waals surface area contributed by atoms with Crippen LogP contribution in [-0.2, 0) is 20.4 Å². The minimum atomic E-state index is -4.37. The van der Waals surface area contributed by atoms with Crippen LogP contribution >= 0.6 is 11.8 Å². The van der Waals surface area contributed by atoms with E-state index in [0.29, 0.717) is 30.5 Å². The highest BCUT2D eigenvalue weighted by Gasteiger charge is 2.30. The van der Waals surface area contributed by atoms with Crippen LogP contribution in [0.25, 0.3) is 0 Å². The second kappa shape index (κ2) is 12.6. The van der Waals surface area contributed by atoms with Crippen LogP contribution in [0.15, 0.2) is 47.4 Å². The minimum absolute atomic E-state index is 0.144. The van der Waals surface area contributed by atoms with Crippen LogP contribution in [0, 0.1) is 6.92 Å². The number of rotatable bonds is 12. The molecule has 0 aliphatic carbocycles. The number of aryl methyl sites for hydroxylation is 1. The zero-order valence-corrected chi connectivity index (χ0v) is 19.1. The molecule has 0 unspecified atom stereocenters. The Hall–Kier alpha value is -2.39. The van der Waals surface area contributed by atoms with Crippen molar-refractivity contribution >= 4 is 17.7 Å². The fourth-order valence-corrected chi connectivity index (χ4v) is 3.71. The van der Waals surface area contributed by atoms with Gasteiger partial charge < -0.3 is 18.9 Å². The van der Waals surface area contributed by atoms with Crippen molar-refractivity contribution in [1.82, 2.24) is 0 Å². The fraction of sp³-hybridized carbons (Fsp3) is 0.435. The maximum Gasteiger partial charge on any atom is 0.416 e. The summed E-state index contributed by atoms with van der Waals surface area (Å²) in [4.78, 5) is 12.4. The van der Waals surface area contributed by atoms with E-state index in [1.54, 1.807) is 24.8 Å². The van der Waals surface area contributed by atoms with Crippen LogP contribution in [0.3, 0.4) is 0 Å². The minimum Gasteiger partial charge on any atom is -0.491 e. The Kier molecular flexibility index (Phi) is 10.2. The topological polar surface area (TPSA) is 54.0 Å². The quantitative estimate of drug-likeness (QED) is 0.299. The molecule has 0 fully saturated rings. The predicted molar refractivity (Wildman–Crippen MR) is 116 cm³/mol. The molecule has 9 heteroatoms. The summed E-state index contributed by atoms with van der Waals surface area (Å²) in [5.74, 6) is 1.13. The summed E-state index contributed by atoms with van der Waals surface area (Å²) >= 11 is 1.56. The smallest absolute Gasteiger partial charge is 0.416 e. The van der Waals surface area contributed by atoms with Crippen molar-refractivity contribution in [2.45, 2.75) is 37.9 Å². The molecule has 2 rings (SSSR count). The molecule has 0 bridgehead atoms. The predicted octanol–water partition coefficient (Wildman–Crippen LogP) is 5.53. The van der Waals surface area contributed by atoms with Crippen LogP contribution in [0.1, 0.15) is 25.0 Å². The molecule has 0 aliphatic heterocycles. The van der Waals surface area contributed by atoms with Gasteiger partial charge in [0.25, 0.3) is 0 Å². The molecule has 0 saturated carbocycles. The van der Waals surface area contributed by atoms with Gasteiger partial charge >= 0.3 is 12.1 Å². The van der Waals surface area contributed by atoms with Gasteiger partial charge in [0.2, 0.25) is 0 Å². The summed E-state index contributed by atoms with van der Waals surface area (Å²) in [6.45, 7) is 6.36. The molecule has 5 nitrogen and oxygen atoms in total. The molecule has 0 amide bonds. The van der Waals surface area contributed by atoms with E-state index in [2.05, 4.69) is 0 Å². The number of carbonyl (C=O) groups excluding carboxylic acids is 1. The van der Waals surface area contributed by atoms with Crippen molar-refractivity contribution in [3.63, 3.8) is 0 Å². The normalized spacial score (nSPS) is 12.3. The molecule has 0 aromatic heterocycles. The summed E-state index contributed by atoms with van der Waals surface area (Å²) in [6.07, 6.45) is -4.62. The van der Waals surface area contributed by atoms with Crippen LogP contribution in [0.4, 0.5) is 13.2 Å². The maximum atomic E-state index is 12.7. The average molecular weight is 473 g/mol. The highest BCUT2D eigenvalue weighted by atomic mass is 32.2. The Labute approximate surface area is 190 Å². The molecule has 0 spiro atoms. The molecular formula is C23H27F3O5S. The number of hydrogen-bond donors (Lipinski definition) is 0. The number of hydrogen-bond acceptors (Lipinski definition) is 6. The highest BCUT2D eigenvalue weighted by molar-refractivity contribution is 7.99. The summed E-state index contributed by atoms with van der Waals surface area (Å²) in [6, 6.07) is 10.2. The van der Waals surface area contributed by atoms with Gasteiger partial charge in [0.15, 0.2) is 6.61 Å². The lowest BCUT2D eigenvalue weighted by Crippen LogP contribution is -2.24. The van der Waals surface area contributed by atoms with Gasteiger partial charge in [-0.05, 0) is 68.8 Å². The number of halogens is 3. The molecule has 0 radical (unpaired) electrons. The van der Waals surface area contributed by atoms with E-state index >= 15 is 0 Å². The first kappa shape index (κ1) is 25.9. The van der Waals surface area contributed by atoms with Gasteiger partial charge in [0.05, 0.1) is 12.2 Å². The molecular weight excluding hydrogens is 445 g/mol. The van der Waals surface area contributed by atoms with Crippen molar-refractivity contribution in [2.24, 2.45) is 0 Å². The molecule has 2 aromatic carbocycles. The van der Waals surface area contributed by atoms with Crippen LogP contribution in [0.5, 0.6) is 11.5 Å². The summed E-state index contributed by atoms with van der Waals surface area (Å²) in [7, 11) is 0. The number of carbonyl (C=O) groups is 1. The van der Waals surface area contributed by atoms with Crippen molar-refractivity contribution in [3.05, 3.63) is 53.6 Å². The number of esters is 1. The van der Waals surface area contributed by atoms with Gasteiger partial charge in [-0.3, -0.25) is 0 Å². The van der Waals surface area contributed by atoms with E-state index < -0.39 is 17.7 Å². The van der Waals surface area contributed by atoms with Crippen molar-refractivity contribution < 1.29 is 36.9 Å². The van der Waals surface area contributed by atoms with Crippen LogP contribution in [0.2, 0.25) is 0 Å². The Morgan fingerprint density at radius 1 is 1.03 bits per heavy atom. The van der Waals surface area contributed by atoms with Gasteiger partial charge in [-0.15, -0.1) is 11.8 Å². The third kappa shape index (κ3) is 8.63. The van der Waals surface area contributed by atoms with Crippen molar-refractivity contribution in [2.75, 3.05) is 32.2 Å². The molecule has 0 aliphatic rings. The molecule has 0 N–H and O–H groups in total. The first-order valence-electron chi connectivity index (χ1n) is 10.2. The van der Waals surface area contributed by atoms with Gasteiger partial charge in [-0.25, -0.2) is 4.79 Å². The zero-order chi connectivity index (χ0) is 23.6. The summed E-state index contributed by atoms with van der Waals surface area (Å²) < 4.78 is 59.7. The Morgan fingerprint density at radius 3 is 2.34 bits per heavy atom. The third-order valence-corrected chi connectivity index (χ3v) is 5.38. The van der Waals surface area contributed by atoms with Gasteiger partial charge in [-0.2, -0.15) is 13.2 Å². The molecule has 0 saturated heterocycles. The molecule has 176 valence electrons. The lowest BCUT2D eigenvalue weighted by atomic mass is 10.2.